The number of benzene rings is 1. The highest BCUT2D eigenvalue weighted by Crippen LogP contribution is 2.34. The molecule has 1 aromatic carbocycles. The van der Waals surface area contributed by atoms with Crippen LogP contribution in [0.2, 0.25) is 5.02 Å². The smallest absolute Gasteiger partial charge is 0.407 e. The van der Waals surface area contributed by atoms with Crippen molar-refractivity contribution in [3.8, 4) is 5.75 Å². The average Bonchev–Trinajstić information content (AvgIpc) is 2.45. The minimum Gasteiger partial charge on any atom is -0.494 e. The third-order valence-electron chi connectivity index (χ3n) is 2.99. The Balaban J connectivity index is 3.05. The molecule has 1 amide bonds. The van der Waals surface area contributed by atoms with E-state index in [9.17, 15) is 13.2 Å². The maximum Gasteiger partial charge on any atom is 0.407 e. The number of amides is 1. The number of nitrogens with zero attached hydrogens (tertiary/aromatic N) is 1. The summed E-state index contributed by atoms with van der Waals surface area (Å²) in [5, 5.41) is 2.96. The van der Waals surface area contributed by atoms with Gasteiger partial charge in [0.15, 0.2) is 0 Å². The Labute approximate surface area is 141 Å². The number of carbonyl (C=O) groups excluding carboxylic acids is 1. The van der Waals surface area contributed by atoms with Crippen LogP contribution in [0.1, 0.15) is 12.5 Å². The molecule has 9 heteroatoms. The van der Waals surface area contributed by atoms with Crippen molar-refractivity contribution < 1.29 is 22.7 Å². The second-order valence-electron chi connectivity index (χ2n) is 4.76. The Bertz CT molecular complexity index is 663. The van der Waals surface area contributed by atoms with Crippen molar-refractivity contribution in [3.05, 3.63) is 22.7 Å². The number of nitrogens with one attached hydrogen (secondary N) is 1. The Morgan fingerprint density at radius 1 is 1.39 bits per heavy atom. The van der Waals surface area contributed by atoms with Gasteiger partial charge >= 0.3 is 6.09 Å². The van der Waals surface area contributed by atoms with Crippen LogP contribution >= 0.6 is 11.6 Å². The monoisotopic (exact) mass is 364 g/mol. The lowest BCUT2D eigenvalue weighted by atomic mass is 10.2. The van der Waals surface area contributed by atoms with E-state index in [-0.39, 0.29) is 19.7 Å². The third kappa shape index (κ3) is 5.47. The molecular weight excluding hydrogens is 344 g/mol. The zero-order valence-corrected chi connectivity index (χ0v) is 15.1. The first kappa shape index (κ1) is 19.4. The van der Waals surface area contributed by atoms with Crippen LogP contribution in [0.5, 0.6) is 5.75 Å². The van der Waals surface area contributed by atoms with Crippen molar-refractivity contribution in [3.63, 3.8) is 0 Å². The van der Waals surface area contributed by atoms with E-state index in [1.807, 2.05) is 0 Å². The second kappa shape index (κ2) is 8.26. The Morgan fingerprint density at radius 2 is 2.04 bits per heavy atom. The van der Waals surface area contributed by atoms with E-state index < -0.39 is 16.1 Å². The Morgan fingerprint density at radius 3 is 2.57 bits per heavy atom. The zero-order valence-electron chi connectivity index (χ0n) is 13.6. The molecule has 0 fully saturated rings. The predicted molar refractivity (Wildman–Crippen MR) is 90.0 cm³/mol. The summed E-state index contributed by atoms with van der Waals surface area (Å²) in [6, 6.07) is 3.19. The molecule has 1 aromatic rings. The molecule has 0 aliphatic heterocycles. The summed E-state index contributed by atoms with van der Waals surface area (Å²) in [5.74, 6) is 0.335. The number of carbonyl (C=O) groups is 1. The lowest BCUT2D eigenvalue weighted by Crippen LogP contribution is -2.38. The highest BCUT2D eigenvalue weighted by Gasteiger charge is 2.22. The van der Waals surface area contributed by atoms with Gasteiger partial charge in [-0.05, 0) is 25.5 Å². The van der Waals surface area contributed by atoms with E-state index in [1.165, 1.54) is 7.11 Å². The van der Waals surface area contributed by atoms with Gasteiger partial charge in [0, 0.05) is 17.6 Å². The fraction of sp³-hybridized carbons (Fsp3) is 0.500. The van der Waals surface area contributed by atoms with Crippen LogP contribution in [-0.2, 0) is 14.8 Å². The molecule has 0 bridgehead atoms. The zero-order chi connectivity index (χ0) is 17.6. The van der Waals surface area contributed by atoms with Gasteiger partial charge < -0.3 is 14.8 Å². The number of hydrogen-bond acceptors (Lipinski definition) is 5. The van der Waals surface area contributed by atoms with Crippen molar-refractivity contribution in [1.82, 2.24) is 5.32 Å². The molecule has 0 aliphatic rings. The van der Waals surface area contributed by atoms with Crippen LogP contribution in [-0.4, -0.2) is 47.6 Å². The number of alkyl carbamates (subject to hydrolysis) is 1. The van der Waals surface area contributed by atoms with Gasteiger partial charge in [-0.2, -0.15) is 0 Å². The van der Waals surface area contributed by atoms with Crippen molar-refractivity contribution >= 4 is 33.4 Å². The summed E-state index contributed by atoms with van der Waals surface area (Å²) < 4.78 is 35.3. The van der Waals surface area contributed by atoms with Crippen LogP contribution < -0.4 is 14.4 Å². The Hall–Kier alpha value is -1.67. The molecule has 130 valence electrons. The fourth-order valence-corrected chi connectivity index (χ4v) is 2.99. The molecule has 0 unspecified atom stereocenters. The van der Waals surface area contributed by atoms with E-state index in [1.54, 1.807) is 26.0 Å². The van der Waals surface area contributed by atoms with Crippen LogP contribution in [0.3, 0.4) is 0 Å². The van der Waals surface area contributed by atoms with E-state index in [0.717, 1.165) is 16.1 Å². The van der Waals surface area contributed by atoms with Crippen LogP contribution in [0.25, 0.3) is 0 Å². The van der Waals surface area contributed by atoms with Gasteiger partial charge in [-0.3, -0.25) is 4.31 Å². The summed E-state index contributed by atoms with van der Waals surface area (Å²) in [4.78, 5) is 11.3. The molecule has 0 aromatic heterocycles. The predicted octanol–water partition coefficient (Wildman–Crippen LogP) is 2.17. The van der Waals surface area contributed by atoms with E-state index in [4.69, 9.17) is 21.1 Å². The number of aryl methyl sites for hydroxylation is 1. The fourth-order valence-electron chi connectivity index (χ4n) is 1.91. The maximum absolute atomic E-state index is 12.1. The molecule has 23 heavy (non-hydrogen) atoms. The molecule has 1 rings (SSSR count). The van der Waals surface area contributed by atoms with Crippen LogP contribution in [0, 0.1) is 6.92 Å². The van der Waals surface area contributed by atoms with Crippen LogP contribution in [0.15, 0.2) is 12.1 Å². The molecule has 0 saturated carbocycles. The summed E-state index contributed by atoms with van der Waals surface area (Å²) in [7, 11) is -2.14. The molecule has 0 heterocycles. The van der Waals surface area contributed by atoms with Crippen molar-refractivity contribution in [1.29, 1.82) is 0 Å². The Kier molecular flexibility index (Phi) is 6.96. The number of sulfonamides is 1. The second-order valence-corrected chi connectivity index (χ2v) is 7.07. The lowest BCUT2D eigenvalue weighted by Gasteiger charge is -2.25. The van der Waals surface area contributed by atoms with Gasteiger partial charge in [-0.15, -0.1) is 0 Å². The number of rotatable bonds is 7. The molecule has 7 nitrogen and oxygen atoms in total. The van der Waals surface area contributed by atoms with Gasteiger partial charge in [0.1, 0.15) is 5.75 Å². The minimum absolute atomic E-state index is 0.0368. The first-order valence-electron chi connectivity index (χ1n) is 6.93. The topological polar surface area (TPSA) is 84.9 Å². The van der Waals surface area contributed by atoms with Gasteiger partial charge in [-0.25, -0.2) is 13.2 Å². The van der Waals surface area contributed by atoms with Gasteiger partial charge in [0.05, 0.1) is 32.2 Å². The first-order valence-corrected chi connectivity index (χ1v) is 9.15. The molecule has 0 saturated heterocycles. The van der Waals surface area contributed by atoms with Crippen LogP contribution in [0.4, 0.5) is 10.5 Å². The molecule has 0 radical (unpaired) electrons. The third-order valence-corrected chi connectivity index (χ3v) is 4.58. The van der Waals surface area contributed by atoms with Crippen molar-refractivity contribution in [2.75, 3.05) is 37.4 Å². The summed E-state index contributed by atoms with van der Waals surface area (Å²) >= 11 is 6.04. The first-order chi connectivity index (χ1) is 10.7. The largest absolute Gasteiger partial charge is 0.494 e. The summed E-state index contributed by atoms with van der Waals surface area (Å²) in [6.07, 6.45) is 0.487. The van der Waals surface area contributed by atoms with Gasteiger partial charge in [0.2, 0.25) is 10.0 Å². The highest BCUT2D eigenvalue weighted by atomic mass is 35.5. The van der Waals surface area contributed by atoms with Gasteiger partial charge in [-0.1, -0.05) is 11.6 Å². The molecule has 0 spiro atoms. The average molecular weight is 365 g/mol. The molecule has 0 atom stereocenters. The summed E-state index contributed by atoms with van der Waals surface area (Å²) in [6.45, 7) is 3.82. The number of halogens is 1. The summed E-state index contributed by atoms with van der Waals surface area (Å²) in [5.41, 5.74) is 1.08. The standard InChI is InChI=1S/C14H21ClN2O5S/c1-5-22-14(18)16-6-7-17(23(4,19)20)12-8-10(2)11(15)9-13(12)21-3/h8-9H,5-7H2,1-4H3,(H,16,18). The minimum atomic E-state index is -3.57. The maximum atomic E-state index is 12.1. The van der Waals surface area contributed by atoms with E-state index >= 15 is 0 Å². The SMILES string of the molecule is CCOC(=O)NCCN(c1cc(C)c(Cl)cc1OC)S(C)(=O)=O. The van der Waals surface area contributed by atoms with Crippen molar-refractivity contribution in [2.45, 2.75) is 13.8 Å². The number of anilines is 1. The molecular formula is C14H21ClN2O5S. The number of methoxy groups -OCH3 is 1. The van der Waals surface area contributed by atoms with Gasteiger partial charge in [0.25, 0.3) is 0 Å². The highest BCUT2D eigenvalue weighted by molar-refractivity contribution is 7.92. The number of hydrogen-bond donors (Lipinski definition) is 1. The van der Waals surface area contributed by atoms with Crippen molar-refractivity contribution in [2.24, 2.45) is 0 Å². The molecule has 1 N–H and O–H groups in total. The lowest BCUT2D eigenvalue weighted by molar-refractivity contribution is 0.152. The molecule has 0 aliphatic carbocycles. The van der Waals surface area contributed by atoms with E-state index in [0.29, 0.717) is 16.5 Å². The quantitative estimate of drug-likeness (QED) is 0.801. The van der Waals surface area contributed by atoms with E-state index in [2.05, 4.69) is 5.32 Å². The number of ether oxygens (including phenoxy) is 2. The normalized spacial score (nSPS) is 11.0.